The molecular weight excluding hydrogens is 326 g/mol. The number of carbonyl (C=O) groups excluding carboxylic acids is 1. The van der Waals surface area contributed by atoms with Crippen molar-refractivity contribution in [2.45, 2.75) is 39.2 Å². The van der Waals surface area contributed by atoms with Gasteiger partial charge in [-0.05, 0) is 42.2 Å². The molecule has 0 unspecified atom stereocenters. The zero-order valence-corrected chi connectivity index (χ0v) is 15.2. The molecule has 1 aliphatic heterocycles. The van der Waals surface area contributed by atoms with Crippen molar-refractivity contribution in [1.29, 1.82) is 0 Å². The molecular formula is C21H23N3O2. The first-order valence-corrected chi connectivity index (χ1v) is 9.26. The SMILES string of the molecule is CC(C)C(=O)N1CCCC[C@H]1c1nnc(-c2ccc3ccccc3c2)o1. The average molecular weight is 349 g/mol. The molecule has 0 bridgehead atoms. The Morgan fingerprint density at radius 3 is 2.73 bits per heavy atom. The van der Waals surface area contributed by atoms with E-state index in [9.17, 15) is 4.79 Å². The molecule has 3 aromatic rings. The lowest BCUT2D eigenvalue weighted by atomic mass is 10.00. The van der Waals surface area contributed by atoms with Gasteiger partial charge in [-0.2, -0.15) is 0 Å². The number of carbonyl (C=O) groups is 1. The van der Waals surface area contributed by atoms with Crippen LogP contribution in [0.1, 0.15) is 45.0 Å². The molecule has 1 fully saturated rings. The fourth-order valence-electron chi connectivity index (χ4n) is 3.59. The maximum atomic E-state index is 12.5. The van der Waals surface area contributed by atoms with Crippen molar-refractivity contribution in [3.63, 3.8) is 0 Å². The molecule has 0 radical (unpaired) electrons. The van der Waals surface area contributed by atoms with Gasteiger partial charge in [-0.15, -0.1) is 10.2 Å². The molecule has 2 heterocycles. The molecule has 1 aliphatic rings. The topological polar surface area (TPSA) is 59.2 Å². The number of rotatable bonds is 3. The van der Waals surface area contributed by atoms with Crippen LogP contribution in [0, 0.1) is 5.92 Å². The van der Waals surface area contributed by atoms with Crippen LogP contribution in [0.15, 0.2) is 46.9 Å². The zero-order chi connectivity index (χ0) is 18.1. The van der Waals surface area contributed by atoms with E-state index in [1.807, 2.05) is 36.9 Å². The number of likely N-dealkylation sites (tertiary alicyclic amines) is 1. The minimum absolute atomic E-state index is 0.0292. The minimum atomic E-state index is -0.111. The van der Waals surface area contributed by atoms with E-state index in [1.54, 1.807) is 0 Å². The van der Waals surface area contributed by atoms with Crippen LogP contribution in [0.2, 0.25) is 0 Å². The number of nitrogens with zero attached hydrogens (tertiary/aromatic N) is 3. The van der Waals surface area contributed by atoms with Gasteiger partial charge in [0.15, 0.2) is 0 Å². The second kappa shape index (κ2) is 6.90. The van der Waals surface area contributed by atoms with Crippen LogP contribution < -0.4 is 0 Å². The maximum absolute atomic E-state index is 12.5. The van der Waals surface area contributed by atoms with Crippen molar-refractivity contribution in [2.75, 3.05) is 6.54 Å². The first-order chi connectivity index (χ1) is 12.6. The Hall–Kier alpha value is -2.69. The van der Waals surface area contributed by atoms with Gasteiger partial charge in [0.2, 0.25) is 17.7 Å². The molecule has 5 nitrogen and oxygen atoms in total. The normalized spacial score (nSPS) is 17.8. The van der Waals surface area contributed by atoms with Gasteiger partial charge >= 0.3 is 0 Å². The Kier molecular flexibility index (Phi) is 4.45. The summed E-state index contributed by atoms with van der Waals surface area (Å²) < 4.78 is 6.00. The highest BCUT2D eigenvalue weighted by atomic mass is 16.4. The standard InChI is InChI=1S/C21H23N3O2/c1-14(2)21(25)24-12-6-5-9-18(24)20-23-22-19(26-20)17-11-10-15-7-3-4-8-16(15)13-17/h3-4,7-8,10-11,13-14,18H,5-6,9,12H2,1-2H3/t18-/m0/s1. The van der Waals surface area contributed by atoms with E-state index in [2.05, 4.69) is 34.5 Å². The Morgan fingerprint density at radius 1 is 1.12 bits per heavy atom. The smallest absolute Gasteiger partial charge is 0.247 e. The second-order valence-corrected chi connectivity index (χ2v) is 7.21. The zero-order valence-electron chi connectivity index (χ0n) is 15.2. The van der Waals surface area contributed by atoms with E-state index >= 15 is 0 Å². The van der Waals surface area contributed by atoms with Crippen LogP contribution in [0.3, 0.4) is 0 Å². The highest BCUT2D eigenvalue weighted by molar-refractivity contribution is 5.86. The maximum Gasteiger partial charge on any atom is 0.247 e. The van der Waals surface area contributed by atoms with Crippen molar-refractivity contribution in [3.8, 4) is 11.5 Å². The summed E-state index contributed by atoms with van der Waals surface area (Å²) in [5, 5.41) is 10.8. The Labute approximate surface area is 153 Å². The molecule has 26 heavy (non-hydrogen) atoms. The van der Waals surface area contributed by atoms with Crippen molar-refractivity contribution in [2.24, 2.45) is 5.92 Å². The first-order valence-electron chi connectivity index (χ1n) is 9.26. The molecule has 2 aromatic carbocycles. The van der Waals surface area contributed by atoms with Gasteiger partial charge in [-0.1, -0.05) is 44.2 Å². The number of amides is 1. The van der Waals surface area contributed by atoms with Crippen LogP contribution in [0.5, 0.6) is 0 Å². The molecule has 134 valence electrons. The molecule has 1 aromatic heterocycles. The number of fused-ring (bicyclic) bond motifs is 1. The molecule has 5 heteroatoms. The summed E-state index contributed by atoms with van der Waals surface area (Å²) in [6.45, 7) is 4.63. The van der Waals surface area contributed by atoms with Crippen molar-refractivity contribution in [3.05, 3.63) is 48.4 Å². The van der Waals surface area contributed by atoms with Gasteiger partial charge in [-0.3, -0.25) is 4.79 Å². The fraction of sp³-hybridized carbons (Fsp3) is 0.381. The molecule has 0 spiro atoms. The number of aromatic nitrogens is 2. The van der Waals surface area contributed by atoms with Gasteiger partial charge in [0, 0.05) is 18.0 Å². The van der Waals surface area contributed by atoms with E-state index in [0.29, 0.717) is 11.8 Å². The predicted molar refractivity (Wildman–Crippen MR) is 100 cm³/mol. The van der Waals surface area contributed by atoms with Crippen molar-refractivity contribution < 1.29 is 9.21 Å². The quantitative estimate of drug-likeness (QED) is 0.693. The summed E-state index contributed by atoms with van der Waals surface area (Å²) in [6.07, 6.45) is 2.97. The van der Waals surface area contributed by atoms with Crippen LogP contribution in [0.25, 0.3) is 22.2 Å². The third kappa shape index (κ3) is 3.09. The van der Waals surface area contributed by atoms with E-state index in [0.717, 1.165) is 36.8 Å². The summed E-state index contributed by atoms with van der Waals surface area (Å²) in [4.78, 5) is 14.4. The molecule has 1 amide bonds. The van der Waals surface area contributed by atoms with Gasteiger partial charge in [0.05, 0.1) is 0 Å². The highest BCUT2D eigenvalue weighted by Crippen LogP contribution is 2.33. The molecule has 0 saturated carbocycles. The Bertz CT molecular complexity index is 932. The van der Waals surface area contributed by atoms with Gasteiger partial charge < -0.3 is 9.32 Å². The highest BCUT2D eigenvalue weighted by Gasteiger charge is 2.33. The molecule has 0 N–H and O–H groups in total. The minimum Gasteiger partial charge on any atom is -0.418 e. The summed E-state index contributed by atoms with van der Waals surface area (Å²) in [5.41, 5.74) is 0.903. The van der Waals surface area contributed by atoms with E-state index in [1.165, 1.54) is 5.39 Å². The van der Waals surface area contributed by atoms with Crippen LogP contribution >= 0.6 is 0 Å². The van der Waals surface area contributed by atoms with E-state index < -0.39 is 0 Å². The van der Waals surface area contributed by atoms with E-state index in [-0.39, 0.29) is 17.9 Å². The van der Waals surface area contributed by atoms with Crippen molar-refractivity contribution in [1.82, 2.24) is 15.1 Å². The van der Waals surface area contributed by atoms with Crippen molar-refractivity contribution >= 4 is 16.7 Å². The molecule has 0 aliphatic carbocycles. The molecule has 1 saturated heterocycles. The molecule has 1 atom stereocenters. The second-order valence-electron chi connectivity index (χ2n) is 7.21. The van der Waals surface area contributed by atoms with Gasteiger partial charge in [-0.25, -0.2) is 0 Å². The van der Waals surface area contributed by atoms with Gasteiger partial charge in [0.25, 0.3) is 0 Å². The summed E-state index contributed by atoms with van der Waals surface area (Å²) in [5.74, 6) is 1.17. The predicted octanol–water partition coefficient (Wildman–Crippen LogP) is 4.60. The largest absolute Gasteiger partial charge is 0.418 e. The number of hydrogen-bond donors (Lipinski definition) is 0. The summed E-state index contributed by atoms with van der Waals surface area (Å²) >= 11 is 0. The average Bonchev–Trinajstić information content (AvgIpc) is 3.17. The molecule has 4 rings (SSSR count). The first kappa shape index (κ1) is 16.8. The lowest BCUT2D eigenvalue weighted by Crippen LogP contribution is -2.40. The summed E-state index contributed by atoms with van der Waals surface area (Å²) in [7, 11) is 0. The Morgan fingerprint density at radius 2 is 1.92 bits per heavy atom. The fourth-order valence-corrected chi connectivity index (χ4v) is 3.59. The number of hydrogen-bond acceptors (Lipinski definition) is 4. The number of benzene rings is 2. The van der Waals surface area contributed by atoms with Gasteiger partial charge in [0.1, 0.15) is 6.04 Å². The third-order valence-electron chi connectivity index (χ3n) is 5.00. The van der Waals surface area contributed by atoms with Crippen LogP contribution in [-0.4, -0.2) is 27.5 Å². The van der Waals surface area contributed by atoms with Crippen LogP contribution in [0.4, 0.5) is 0 Å². The third-order valence-corrected chi connectivity index (χ3v) is 5.00. The van der Waals surface area contributed by atoms with Crippen LogP contribution in [-0.2, 0) is 4.79 Å². The summed E-state index contributed by atoms with van der Waals surface area (Å²) in [6, 6.07) is 14.2. The van der Waals surface area contributed by atoms with E-state index in [4.69, 9.17) is 4.42 Å². The lowest BCUT2D eigenvalue weighted by Gasteiger charge is -2.34. The Balaban J connectivity index is 1.64. The number of piperidine rings is 1. The lowest BCUT2D eigenvalue weighted by molar-refractivity contribution is -0.139. The monoisotopic (exact) mass is 349 g/mol.